The molecule has 0 radical (unpaired) electrons. The third-order valence-electron chi connectivity index (χ3n) is 3.08. The molecule has 3 heteroatoms. The van der Waals surface area contributed by atoms with Crippen LogP contribution in [0.15, 0.2) is 60.8 Å². The fourth-order valence-corrected chi connectivity index (χ4v) is 2.30. The number of halogens is 1. The van der Waals surface area contributed by atoms with Crippen LogP contribution in [0.4, 0.5) is 0 Å². The molecule has 0 saturated heterocycles. The summed E-state index contributed by atoms with van der Waals surface area (Å²) in [5.74, 6) is 0.900. The third kappa shape index (κ3) is 2.74. The van der Waals surface area contributed by atoms with Crippen LogP contribution in [-0.2, 0) is 6.54 Å². The van der Waals surface area contributed by atoms with Crippen LogP contribution in [-0.4, -0.2) is 11.2 Å². The molecule has 3 aromatic rings. The molecule has 96 valence electrons. The molecule has 1 aromatic heterocycles. The first-order valence-corrected chi connectivity index (χ1v) is 6.63. The average molecular weight is 272 g/mol. The molecular weight excluding hydrogens is 258 g/mol. The van der Waals surface area contributed by atoms with Crippen molar-refractivity contribution < 1.29 is 4.74 Å². The van der Waals surface area contributed by atoms with Gasteiger partial charge in [0, 0.05) is 16.7 Å². The molecule has 0 aliphatic heterocycles. The van der Waals surface area contributed by atoms with Gasteiger partial charge in [-0.2, -0.15) is 0 Å². The minimum absolute atomic E-state index is 0.639. The molecule has 0 spiro atoms. The number of fused-ring (bicyclic) bond motifs is 1. The lowest BCUT2D eigenvalue weighted by Crippen LogP contribution is -2.06. The summed E-state index contributed by atoms with van der Waals surface area (Å²) in [6, 6.07) is 17.9. The molecule has 0 saturated carbocycles. The molecule has 0 amide bonds. The van der Waals surface area contributed by atoms with Crippen LogP contribution in [0.5, 0.6) is 5.75 Å². The molecule has 0 N–H and O–H groups in total. The highest BCUT2D eigenvalue weighted by molar-refractivity contribution is 6.31. The van der Waals surface area contributed by atoms with Crippen molar-refractivity contribution in [3.63, 3.8) is 0 Å². The van der Waals surface area contributed by atoms with Crippen LogP contribution in [0, 0.1) is 0 Å². The summed E-state index contributed by atoms with van der Waals surface area (Å²) in [7, 11) is 0. The molecule has 0 atom stereocenters. The minimum Gasteiger partial charge on any atom is -0.492 e. The van der Waals surface area contributed by atoms with Crippen LogP contribution < -0.4 is 4.74 Å². The highest BCUT2D eigenvalue weighted by Gasteiger charge is 2.02. The lowest BCUT2D eigenvalue weighted by atomic mass is 10.2. The second-order valence-corrected chi connectivity index (χ2v) is 4.81. The van der Waals surface area contributed by atoms with Crippen molar-refractivity contribution in [3.05, 3.63) is 65.8 Å². The van der Waals surface area contributed by atoms with E-state index in [1.54, 1.807) is 0 Å². The van der Waals surface area contributed by atoms with E-state index in [-0.39, 0.29) is 0 Å². The number of ether oxygens (including phenoxy) is 1. The Kier molecular flexibility index (Phi) is 3.43. The topological polar surface area (TPSA) is 14.2 Å². The molecule has 2 nitrogen and oxygen atoms in total. The normalized spacial score (nSPS) is 10.8. The molecule has 0 fully saturated rings. The molecule has 1 heterocycles. The Morgan fingerprint density at radius 2 is 1.84 bits per heavy atom. The molecule has 2 aromatic carbocycles. The van der Waals surface area contributed by atoms with Crippen molar-refractivity contribution in [2.24, 2.45) is 0 Å². The summed E-state index contributed by atoms with van der Waals surface area (Å²) < 4.78 is 7.86. The van der Waals surface area contributed by atoms with Crippen molar-refractivity contribution in [1.29, 1.82) is 0 Å². The van der Waals surface area contributed by atoms with Crippen LogP contribution >= 0.6 is 11.6 Å². The Bertz CT molecular complexity index is 676. The Morgan fingerprint density at radius 3 is 2.68 bits per heavy atom. The van der Waals surface area contributed by atoms with Crippen LogP contribution in [0.25, 0.3) is 10.9 Å². The number of hydrogen-bond donors (Lipinski definition) is 0. The van der Waals surface area contributed by atoms with Crippen LogP contribution in [0.1, 0.15) is 0 Å². The fraction of sp³-hybridized carbons (Fsp3) is 0.125. The first kappa shape index (κ1) is 12.1. The van der Waals surface area contributed by atoms with Gasteiger partial charge in [0.25, 0.3) is 0 Å². The quantitative estimate of drug-likeness (QED) is 0.687. The first-order valence-electron chi connectivity index (χ1n) is 6.25. The Hall–Kier alpha value is -1.93. The van der Waals surface area contributed by atoms with Gasteiger partial charge in [-0.3, -0.25) is 0 Å². The van der Waals surface area contributed by atoms with Gasteiger partial charge in [-0.05, 0) is 35.7 Å². The van der Waals surface area contributed by atoms with Gasteiger partial charge < -0.3 is 9.30 Å². The maximum atomic E-state index is 6.03. The fourth-order valence-electron chi connectivity index (χ4n) is 2.13. The molecule has 0 bridgehead atoms. The molecule has 0 aliphatic carbocycles. The standard InChI is InChI=1S/C16H14ClNO/c17-14-7-6-13-8-9-18(16(13)12-14)10-11-19-15-4-2-1-3-5-15/h1-9,12H,10-11H2. The van der Waals surface area contributed by atoms with E-state index >= 15 is 0 Å². The molecule has 3 rings (SSSR count). The van der Waals surface area contributed by atoms with Gasteiger partial charge >= 0.3 is 0 Å². The van der Waals surface area contributed by atoms with E-state index in [0.717, 1.165) is 22.8 Å². The summed E-state index contributed by atoms with van der Waals surface area (Å²) in [5.41, 5.74) is 1.14. The van der Waals surface area contributed by atoms with E-state index in [1.165, 1.54) is 5.39 Å². The average Bonchev–Trinajstić information content (AvgIpc) is 2.83. The Balaban J connectivity index is 1.70. The number of aromatic nitrogens is 1. The second kappa shape index (κ2) is 5.37. The third-order valence-corrected chi connectivity index (χ3v) is 3.32. The highest BCUT2D eigenvalue weighted by Crippen LogP contribution is 2.20. The van der Waals surface area contributed by atoms with Crippen molar-refractivity contribution in [3.8, 4) is 5.75 Å². The molecule has 0 unspecified atom stereocenters. The lowest BCUT2D eigenvalue weighted by Gasteiger charge is -2.08. The van der Waals surface area contributed by atoms with Crippen molar-refractivity contribution in [2.45, 2.75) is 6.54 Å². The maximum absolute atomic E-state index is 6.03. The monoisotopic (exact) mass is 271 g/mol. The van der Waals surface area contributed by atoms with Gasteiger partial charge in [0.05, 0.1) is 6.54 Å². The number of para-hydroxylation sites is 1. The number of benzene rings is 2. The molecule has 0 aliphatic rings. The van der Waals surface area contributed by atoms with E-state index < -0.39 is 0 Å². The molecular formula is C16H14ClNO. The first-order chi connectivity index (χ1) is 9.33. The highest BCUT2D eigenvalue weighted by atomic mass is 35.5. The zero-order valence-electron chi connectivity index (χ0n) is 10.4. The predicted octanol–water partition coefficient (Wildman–Crippen LogP) is 4.37. The summed E-state index contributed by atoms with van der Waals surface area (Å²) in [6.45, 7) is 1.44. The van der Waals surface area contributed by atoms with E-state index in [2.05, 4.69) is 16.8 Å². The number of rotatable bonds is 4. The van der Waals surface area contributed by atoms with Crippen LogP contribution in [0.2, 0.25) is 5.02 Å². The van der Waals surface area contributed by atoms with E-state index in [1.807, 2.05) is 48.5 Å². The summed E-state index contributed by atoms with van der Waals surface area (Å²) in [6.07, 6.45) is 2.06. The van der Waals surface area contributed by atoms with E-state index in [0.29, 0.717) is 6.61 Å². The van der Waals surface area contributed by atoms with E-state index in [9.17, 15) is 0 Å². The smallest absolute Gasteiger partial charge is 0.119 e. The number of nitrogens with zero attached hydrogens (tertiary/aromatic N) is 1. The van der Waals surface area contributed by atoms with Gasteiger partial charge in [0.2, 0.25) is 0 Å². The predicted molar refractivity (Wildman–Crippen MR) is 78.9 cm³/mol. The van der Waals surface area contributed by atoms with Gasteiger partial charge in [0.1, 0.15) is 12.4 Å². The van der Waals surface area contributed by atoms with Crippen molar-refractivity contribution in [1.82, 2.24) is 4.57 Å². The second-order valence-electron chi connectivity index (χ2n) is 4.37. The van der Waals surface area contributed by atoms with Crippen molar-refractivity contribution in [2.75, 3.05) is 6.61 Å². The lowest BCUT2D eigenvalue weighted by molar-refractivity contribution is 0.300. The summed E-state index contributed by atoms with van der Waals surface area (Å²) in [4.78, 5) is 0. The largest absolute Gasteiger partial charge is 0.492 e. The van der Waals surface area contributed by atoms with Gasteiger partial charge in [-0.1, -0.05) is 35.9 Å². The SMILES string of the molecule is Clc1ccc2ccn(CCOc3ccccc3)c2c1. The Labute approximate surface area is 117 Å². The van der Waals surface area contributed by atoms with Crippen molar-refractivity contribution >= 4 is 22.5 Å². The van der Waals surface area contributed by atoms with Crippen LogP contribution in [0.3, 0.4) is 0 Å². The maximum Gasteiger partial charge on any atom is 0.119 e. The van der Waals surface area contributed by atoms with Gasteiger partial charge in [-0.15, -0.1) is 0 Å². The minimum atomic E-state index is 0.639. The summed E-state index contributed by atoms with van der Waals surface area (Å²) in [5, 5.41) is 1.96. The summed E-state index contributed by atoms with van der Waals surface area (Å²) >= 11 is 6.03. The van der Waals surface area contributed by atoms with Gasteiger partial charge in [0.15, 0.2) is 0 Å². The zero-order chi connectivity index (χ0) is 13.1. The number of hydrogen-bond acceptors (Lipinski definition) is 1. The Morgan fingerprint density at radius 1 is 1.00 bits per heavy atom. The van der Waals surface area contributed by atoms with E-state index in [4.69, 9.17) is 16.3 Å². The zero-order valence-corrected chi connectivity index (χ0v) is 11.2. The molecule has 19 heavy (non-hydrogen) atoms. The van der Waals surface area contributed by atoms with Gasteiger partial charge in [-0.25, -0.2) is 0 Å².